The summed E-state index contributed by atoms with van der Waals surface area (Å²) in [6.07, 6.45) is 1.70. The van der Waals surface area contributed by atoms with E-state index in [0.29, 0.717) is 9.93 Å². The Labute approximate surface area is 143 Å². The summed E-state index contributed by atoms with van der Waals surface area (Å²) in [5, 5.41) is 0.349. The number of hydrogen-bond donors (Lipinski definition) is 0. The number of amides is 2. The molecular formula is C18H14ClNO2S. The largest absolute Gasteiger partial charge is 0.293 e. The molecule has 0 spiro atoms. The van der Waals surface area contributed by atoms with Crippen LogP contribution in [0.1, 0.15) is 16.7 Å². The third-order valence-electron chi connectivity index (χ3n) is 3.48. The normalized spacial score (nSPS) is 16.4. The first-order chi connectivity index (χ1) is 11.0. The lowest BCUT2D eigenvalue weighted by Crippen LogP contribution is -2.27. The van der Waals surface area contributed by atoms with Crippen molar-refractivity contribution in [3.05, 3.63) is 75.1 Å². The molecule has 1 heterocycles. The Hall–Kier alpha value is -2.04. The Morgan fingerprint density at radius 2 is 1.87 bits per heavy atom. The van der Waals surface area contributed by atoms with Gasteiger partial charge >= 0.3 is 0 Å². The number of benzene rings is 2. The van der Waals surface area contributed by atoms with Crippen LogP contribution in [0.4, 0.5) is 4.79 Å². The fraction of sp³-hybridized carbons (Fsp3) is 0.111. The van der Waals surface area contributed by atoms with Crippen molar-refractivity contribution in [2.75, 3.05) is 0 Å². The fourth-order valence-corrected chi connectivity index (χ4v) is 3.30. The summed E-state index contributed by atoms with van der Waals surface area (Å²) in [6.45, 7) is 2.29. The summed E-state index contributed by atoms with van der Waals surface area (Å²) < 4.78 is 0. The van der Waals surface area contributed by atoms with E-state index in [1.54, 1.807) is 18.2 Å². The van der Waals surface area contributed by atoms with Gasteiger partial charge in [0.05, 0.1) is 11.4 Å². The van der Waals surface area contributed by atoms with Gasteiger partial charge in [-0.25, -0.2) is 0 Å². The first-order valence-corrected chi connectivity index (χ1v) is 8.29. The molecule has 3 nitrogen and oxygen atoms in total. The molecule has 23 heavy (non-hydrogen) atoms. The van der Waals surface area contributed by atoms with Gasteiger partial charge in [-0.3, -0.25) is 14.5 Å². The Morgan fingerprint density at radius 1 is 1.13 bits per heavy atom. The third-order valence-corrected chi connectivity index (χ3v) is 4.62. The minimum atomic E-state index is -0.263. The zero-order chi connectivity index (χ0) is 16.4. The van der Waals surface area contributed by atoms with Gasteiger partial charge < -0.3 is 0 Å². The molecule has 2 aromatic rings. The van der Waals surface area contributed by atoms with Gasteiger partial charge in [0, 0.05) is 5.02 Å². The molecule has 0 bridgehead atoms. The van der Waals surface area contributed by atoms with Crippen LogP contribution in [0.2, 0.25) is 5.02 Å². The number of carbonyl (C=O) groups is 2. The van der Waals surface area contributed by atoms with Crippen LogP contribution in [-0.2, 0) is 11.3 Å². The first kappa shape index (κ1) is 15.8. The monoisotopic (exact) mass is 343 g/mol. The molecule has 2 amide bonds. The average Bonchev–Trinajstić information content (AvgIpc) is 2.77. The van der Waals surface area contributed by atoms with Gasteiger partial charge in [0.25, 0.3) is 11.1 Å². The van der Waals surface area contributed by atoms with E-state index in [1.807, 2.05) is 43.3 Å². The molecule has 0 saturated carbocycles. The smallest absolute Gasteiger partial charge is 0.268 e. The van der Waals surface area contributed by atoms with Crippen molar-refractivity contribution in [3.8, 4) is 0 Å². The maximum atomic E-state index is 12.5. The number of rotatable bonds is 3. The maximum absolute atomic E-state index is 12.5. The van der Waals surface area contributed by atoms with Gasteiger partial charge in [-0.15, -0.1) is 0 Å². The summed E-state index contributed by atoms with van der Waals surface area (Å²) in [6, 6.07) is 15.0. The van der Waals surface area contributed by atoms with E-state index in [4.69, 9.17) is 11.6 Å². The van der Waals surface area contributed by atoms with E-state index in [1.165, 1.54) is 4.90 Å². The van der Waals surface area contributed by atoms with E-state index in [0.717, 1.165) is 28.5 Å². The minimum absolute atomic E-state index is 0.246. The second-order valence-electron chi connectivity index (χ2n) is 5.31. The fourth-order valence-electron chi connectivity index (χ4n) is 2.26. The quantitative estimate of drug-likeness (QED) is 0.745. The van der Waals surface area contributed by atoms with E-state index in [9.17, 15) is 9.59 Å². The average molecular weight is 344 g/mol. The van der Waals surface area contributed by atoms with Crippen LogP contribution < -0.4 is 0 Å². The number of aryl methyl sites for hydroxylation is 1. The van der Waals surface area contributed by atoms with Crippen molar-refractivity contribution in [1.29, 1.82) is 0 Å². The second kappa shape index (κ2) is 6.60. The minimum Gasteiger partial charge on any atom is -0.268 e. The molecular weight excluding hydrogens is 330 g/mol. The third kappa shape index (κ3) is 3.66. The number of hydrogen-bond acceptors (Lipinski definition) is 3. The van der Waals surface area contributed by atoms with Crippen molar-refractivity contribution in [1.82, 2.24) is 4.90 Å². The summed E-state index contributed by atoms with van der Waals surface area (Å²) in [5.41, 5.74) is 2.88. The summed E-state index contributed by atoms with van der Waals surface area (Å²) in [4.78, 5) is 26.3. The predicted molar refractivity (Wildman–Crippen MR) is 94.1 cm³/mol. The van der Waals surface area contributed by atoms with Gasteiger partial charge in [-0.1, -0.05) is 53.6 Å². The molecule has 5 heteroatoms. The van der Waals surface area contributed by atoms with Gasteiger partial charge in [0.1, 0.15) is 0 Å². The van der Waals surface area contributed by atoms with E-state index in [-0.39, 0.29) is 17.7 Å². The molecule has 0 aromatic heterocycles. The van der Waals surface area contributed by atoms with Crippen LogP contribution in [0.25, 0.3) is 6.08 Å². The van der Waals surface area contributed by atoms with Crippen molar-refractivity contribution in [2.24, 2.45) is 0 Å². The first-order valence-electron chi connectivity index (χ1n) is 7.09. The molecule has 0 atom stereocenters. The van der Waals surface area contributed by atoms with Gasteiger partial charge in [-0.05, 0) is 48.0 Å². The van der Waals surface area contributed by atoms with Gasteiger partial charge in [0.2, 0.25) is 0 Å². The van der Waals surface area contributed by atoms with E-state index < -0.39 is 0 Å². The van der Waals surface area contributed by atoms with Gasteiger partial charge in [0.15, 0.2) is 0 Å². The molecule has 1 aliphatic rings. The van der Waals surface area contributed by atoms with Crippen LogP contribution in [0.15, 0.2) is 53.4 Å². The molecule has 1 fully saturated rings. The molecule has 0 N–H and O–H groups in total. The molecule has 1 aliphatic heterocycles. The topological polar surface area (TPSA) is 37.4 Å². The summed E-state index contributed by atoms with van der Waals surface area (Å²) in [7, 11) is 0. The Kier molecular flexibility index (Phi) is 4.55. The number of thioether (sulfide) groups is 1. The Balaban J connectivity index is 1.81. The highest BCUT2D eigenvalue weighted by molar-refractivity contribution is 8.18. The van der Waals surface area contributed by atoms with Crippen LogP contribution in [-0.4, -0.2) is 16.0 Å². The lowest BCUT2D eigenvalue weighted by Gasteiger charge is -2.12. The van der Waals surface area contributed by atoms with Crippen molar-refractivity contribution in [2.45, 2.75) is 13.5 Å². The molecule has 1 saturated heterocycles. The van der Waals surface area contributed by atoms with Crippen molar-refractivity contribution < 1.29 is 9.59 Å². The lowest BCUT2D eigenvalue weighted by atomic mass is 10.1. The zero-order valence-electron chi connectivity index (χ0n) is 12.5. The highest BCUT2D eigenvalue weighted by atomic mass is 35.5. The van der Waals surface area contributed by atoms with Crippen LogP contribution >= 0.6 is 23.4 Å². The Bertz CT molecular complexity index is 799. The van der Waals surface area contributed by atoms with E-state index >= 15 is 0 Å². The predicted octanol–water partition coefficient (Wildman–Crippen LogP) is 4.88. The molecule has 2 aromatic carbocycles. The van der Waals surface area contributed by atoms with Gasteiger partial charge in [-0.2, -0.15) is 0 Å². The number of nitrogens with zero attached hydrogens (tertiary/aromatic N) is 1. The maximum Gasteiger partial charge on any atom is 0.293 e. The van der Waals surface area contributed by atoms with Crippen molar-refractivity contribution >= 4 is 40.6 Å². The van der Waals surface area contributed by atoms with Crippen molar-refractivity contribution in [3.63, 3.8) is 0 Å². The number of imide groups is 1. The highest BCUT2D eigenvalue weighted by Gasteiger charge is 2.34. The second-order valence-corrected chi connectivity index (χ2v) is 6.74. The summed E-state index contributed by atoms with van der Waals surface area (Å²) >= 11 is 6.91. The summed E-state index contributed by atoms with van der Waals surface area (Å²) in [5.74, 6) is -0.263. The number of halogens is 1. The van der Waals surface area contributed by atoms with E-state index in [2.05, 4.69) is 0 Å². The molecule has 3 rings (SSSR count). The number of carbonyl (C=O) groups excluding carboxylic acids is 2. The lowest BCUT2D eigenvalue weighted by molar-refractivity contribution is -0.123. The molecule has 0 unspecified atom stereocenters. The zero-order valence-corrected chi connectivity index (χ0v) is 14.0. The molecule has 116 valence electrons. The van der Waals surface area contributed by atoms with Crippen LogP contribution in [0.5, 0.6) is 0 Å². The van der Waals surface area contributed by atoms with Crippen LogP contribution in [0, 0.1) is 6.92 Å². The highest BCUT2D eigenvalue weighted by Crippen LogP contribution is 2.33. The molecule has 0 radical (unpaired) electrons. The standard InChI is InChI=1S/C18H14ClNO2S/c1-12-5-7-13(8-6-12)11-20-17(21)16(23-18(20)22)10-14-3-2-4-15(19)9-14/h2-10H,11H2,1H3/b16-10+. The SMILES string of the molecule is Cc1ccc(CN2C(=O)S/C(=C/c3cccc(Cl)c3)C2=O)cc1. The molecule has 0 aliphatic carbocycles. The Morgan fingerprint density at radius 3 is 2.57 bits per heavy atom. The van der Waals surface area contributed by atoms with Crippen LogP contribution in [0.3, 0.4) is 0 Å².